The molecule has 0 aliphatic heterocycles. The number of nitrogens with zero attached hydrogens (tertiary/aromatic N) is 4. The summed E-state index contributed by atoms with van der Waals surface area (Å²) < 4.78 is 199. The second-order valence-corrected chi connectivity index (χ2v) is 34.3. The fourth-order valence-corrected chi connectivity index (χ4v) is 17.6. The first-order valence-electron chi connectivity index (χ1n) is 53.3. The molecule has 4 nitrogen and oxygen atoms in total. The van der Waals surface area contributed by atoms with Crippen LogP contribution in [0.1, 0.15) is 259 Å². The predicted molar refractivity (Wildman–Crippen MR) is 504 cm³/mol. The third kappa shape index (κ3) is 19.8. The SMILES string of the molecule is [2H]C([2H])([2H])c1c[n+](C)c(-c2cccc(-c3c(C)cc(C)cc3C([2H])([2H])[2H])c2C)cc1C1([2H])CCCCC1.[2H]C([2H])([2H])c1c[n+](C)c(-c2cccc(-c3ccc(C)cc3C([2H])([2H])[2H])c2C)cc1-c1ccccc1.[2H]C([2H])([2H])c1cc(C)cc(C)c1-c1cccc(-c2cc(C3([2H])CCCCC3)cc[n+]2C)c1C.[2H]C([2H])([2H])c1cc(C)ccc1-c1cccc(-c2cc(C([2H])([2H])C(C)(C)C)c(C([2H])(C)C)c[n+]2C)c1C. The molecule has 118 heavy (non-hydrogen) atoms. The smallest absolute Gasteiger partial charge is 0.201 e. The Morgan fingerprint density at radius 2 is 0.754 bits per heavy atom. The fraction of sp³-hybridized carbons (Fsp3) is 0.351. The summed E-state index contributed by atoms with van der Waals surface area (Å²) in [5.74, 6) is -2.44. The van der Waals surface area contributed by atoms with Crippen molar-refractivity contribution >= 4 is 0 Å². The molecular formula is C114H136N4+4. The minimum Gasteiger partial charge on any atom is -0.201 e. The van der Waals surface area contributed by atoms with Crippen LogP contribution in [0.3, 0.4) is 0 Å². The van der Waals surface area contributed by atoms with E-state index in [0.29, 0.717) is 68.5 Å². The van der Waals surface area contributed by atoms with Gasteiger partial charge < -0.3 is 0 Å². The molecule has 0 atom stereocenters. The molecule has 0 saturated heterocycles. The van der Waals surface area contributed by atoms with Crippen molar-refractivity contribution in [3.05, 3.63) is 330 Å². The van der Waals surface area contributed by atoms with Gasteiger partial charge in [-0.15, -0.1) is 0 Å². The molecule has 608 valence electrons. The molecule has 4 heterocycles. The van der Waals surface area contributed by atoms with Crippen molar-refractivity contribution in [1.29, 1.82) is 0 Å². The number of hydrogen-bond acceptors (Lipinski definition) is 0. The van der Waals surface area contributed by atoms with E-state index in [1.807, 2.05) is 277 Å². The summed E-state index contributed by atoms with van der Waals surface area (Å²) in [4.78, 5) is 0. The van der Waals surface area contributed by atoms with E-state index in [2.05, 4.69) is 42.0 Å². The molecule has 0 unspecified atom stereocenters. The van der Waals surface area contributed by atoms with Gasteiger partial charge in [0.05, 0.1) is 0 Å². The van der Waals surface area contributed by atoms with Gasteiger partial charge in [0, 0.05) is 101 Å². The number of aryl methyl sites for hydroxylation is 16. The van der Waals surface area contributed by atoms with Crippen molar-refractivity contribution in [3.63, 3.8) is 0 Å². The Morgan fingerprint density at radius 3 is 1.22 bits per heavy atom. The van der Waals surface area contributed by atoms with E-state index in [4.69, 9.17) is 30.2 Å². The van der Waals surface area contributed by atoms with E-state index in [-0.39, 0.29) is 11.1 Å². The Hall–Kier alpha value is -10.4. The van der Waals surface area contributed by atoms with Gasteiger partial charge in [0.1, 0.15) is 28.2 Å². The monoisotopic (exact) mass is 1580 g/mol. The maximum Gasteiger partial charge on any atom is 0.213 e. The van der Waals surface area contributed by atoms with Crippen LogP contribution in [-0.2, 0) is 34.6 Å². The van der Waals surface area contributed by atoms with Gasteiger partial charge in [-0.25, -0.2) is 18.3 Å². The van der Waals surface area contributed by atoms with Gasteiger partial charge in [-0.2, -0.15) is 0 Å². The predicted octanol–water partition coefficient (Wildman–Crippen LogP) is 28.8. The summed E-state index contributed by atoms with van der Waals surface area (Å²) in [7, 11) is 7.62. The molecule has 0 amide bonds. The summed E-state index contributed by atoms with van der Waals surface area (Å²) >= 11 is 0. The zero-order valence-electron chi connectivity index (χ0n) is 96.1. The van der Waals surface area contributed by atoms with E-state index >= 15 is 0 Å². The zero-order chi connectivity index (χ0) is 104. The molecule has 0 radical (unpaired) electrons. The third-order valence-corrected chi connectivity index (χ3v) is 23.7. The largest absolute Gasteiger partial charge is 0.213 e. The Morgan fingerprint density at radius 1 is 0.356 bits per heavy atom. The normalized spacial score (nSPS) is 17.4. The number of benzene rings is 9. The molecule has 4 aromatic heterocycles. The lowest BCUT2D eigenvalue weighted by atomic mass is 9.82. The van der Waals surface area contributed by atoms with Crippen LogP contribution in [0.2, 0.25) is 0 Å². The molecule has 4 heteroatoms. The Balaban J connectivity index is 0.000000168. The first-order chi connectivity index (χ1) is 65.3. The van der Waals surface area contributed by atoms with E-state index in [1.54, 1.807) is 50.5 Å². The molecule has 9 aromatic carbocycles. The second kappa shape index (κ2) is 37.7. The van der Waals surface area contributed by atoms with Crippen LogP contribution >= 0.6 is 0 Å². The molecule has 0 spiro atoms. The van der Waals surface area contributed by atoms with Crippen molar-refractivity contribution in [3.8, 4) is 101 Å². The quantitative estimate of drug-likeness (QED) is 0.102. The van der Waals surface area contributed by atoms with Crippen molar-refractivity contribution in [2.45, 2.75) is 233 Å². The Labute approximate surface area is 744 Å². The third-order valence-electron chi connectivity index (χ3n) is 23.7. The number of pyridine rings is 4. The molecular weight excluding hydrogens is 1430 g/mol. The molecule has 0 N–H and O–H groups in total. The molecule has 13 aromatic rings. The molecule has 15 rings (SSSR count). The summed E-state index contributed by atoms with van der Waals surface area (Å²) in [5.41, 5.74) is 28.6. The highest BCUT2D eigenvalue weighted by atomic mass is 14.9. The standard InChI is InChI=1S/C29H36N.C29H38N.C28H34N.C28H28N/c1-19-15-20(2)29(21(3)16-19)26-14-10-13-25(23(26)5)28-17-27(22(4)18-30(28)6)24-11-8-7-9-12-24;1-19(2)27-18-30(9)28(16-23(27)17-29(6,7)8)26-12-10-11-25(22(26)5)24-14-13-20(3)15-21(24)4;1-19-16-20(2)28(21(3)17-19)26-13-9-12-25(22(26)4)27-18-24(14-15-29(27)5)23-10-7-6-8-11-23;1-19-14-15-24(20(2)16-19)25-12-9-13-26(22(25)4)28-17-27(21(3)18-29(28)5)23-10-7-6-8-11-23/h10,13-18,24H,7-9,11-12H2,1-6H3;10-16,18-19H,17H2,1-9H3;9,12-18,23H,6-8,10-11H2,1-5H3;6-18H,1-5H3/q4*+1/i2D3,4D3,24D;4D3,17D2,19D;2D3,23D;2D3,3D3. The average molecular weight is 1590 g/mol. The van der Waals surface area contributed by atoms with Crippen molar-refractivity contribution in [1.82, 2.24) is 0 Å². The fourth-order valence-electron chi connectivity index (χ4n) is 17.6. The molecule has 2 aliphatic carbocycles. The van der Waals surface area contributed by atoms with Crippen LogP contribution in [0.5, 0.6) is 0 Å². The number of aromatic nitrogens is 4. The summed E-state index contributed by atoms with van der Waals surface area (Å²) in [6.07, 6.45) is 15.0. The highest BCUT2D eigenvalue weighted by Gasteiger charge is 2.29. The molecule has 2 aliphatic rings. The second-order valence-electron chi connectivity index (χ2n) is 34.3. The van der Waals surface area contributed by atoms with Gasteiger partial charge in [-0.1, -0.05) is 235 Å². The summed E-state index contributed by atoms with van der Waals surface area (Å²) in [5, 5.41) is 0. The minimum atomic E-state index is -2.32. The molecule has 0 bridgehead atoms. The van der Waals surface area contributed by atoms with Crippen LogP contribution in [-0.4, -0.2) is 0 Å². The Bertz CT molecular complexity index is 6820. The van der Waals surface area contributed by atoms with E-state index in [1.165, 1.54) is 6.42 Å². The number of hydrogen-bond donors (Lipinski definition) is 0. The Kier molecular flexibility index (Phi) is 19.5. The van der Waals surface area contributed by atoms with Crippen molar-refractivity contribution in [2.24, 2.45) is 33.6 Å². The molecule has 2 fully saturated rings. The molecule has 2 saturated carbocycles. The average Bonchev–Trinajstić information content (AvgIpc) is 0.676. The first-order valence-corrected chi connectivity index (χ1v) is 41.8. The maximum atomic E-state index is 9.27. The first kappa shape index (κ1) is 61.0. The lowest BCUT2D eigenvalue weighted by molar-refractivity contribution is -0.661. The highest BCUT2D eigenvalue weighted by Crippen LogP contribution is 2.43. The van der Waals surface area contributed by atoms with Gasteiger partial charge in [-0.3, -0.25) is 0 Å². The van der Waals surface area contributed by atoms with Gasteiger partial charge in [0.25, 0.3) is 0 Å². The van der Waals surface area contributed by atoms with Gasteiger partial charge in [0.2, 0.25) is 22.8 Å². The lowest BCUT2D eigenvalue weighted by Crippen LogP contribution is -2.33. The van der Waals surface area contributed by atoms with Crippen LogP contribution in [0, 0.1) is 116 Å². The topological polar surface area (TPSA) is 15.5 Å². The van der Waals surface area contributed by atoms with Crippen LogP contribution in [0.25, 0.3) is 101 Å². The minimum absolute atomic E-state index is 0.239. The van der Waals surface area contributed by atoms with E-state index in [9.17, 15) is 1.37 Å². The van der Waals surface area contributed by atoms with Crippen LogP contribution in [0.4, 0.5) is 0 Å². The van der Waals surface area contributed by atoms with Crippen LogP contribution < -0.4 is 18.3 Å². The van der Waals surface area contributed by atoms with Gasteiger partial charge >= 0.3 is 0 Å². The highest BCUT2D eigenvalue weighted by molar-refractivity contribution is 5.84. The van der Waals surface area contributed by atoms with E-state index in [0.717, 1.165) is 190 Å². The summed E-state index contributed by atoms with van der Waals surface area (Å²) in [6.45, 7) is 15.3. The zero-order valence-corrected chi connectivity index (χ0v) is 73.1. The van der Waals surface area contributed by atoms with Gasteiger partial charge in [0.15, 0.2) is 24.8 Å². The lowest BCUT2D eigenvalue weighted by Gasteiger charge is -2.23. The van der Waals surface area contributed by atoms with Crippen LogP contribution in [0.15, 0.2) is 219 Å². The van der Waals surface area contributed by atoms with Gasteiger partial charge in [-0.05, 0) is 318 Å². The maximum absolute atomic E-state index is 9.27. The van der Waals surface area contributed by atoms with Crippen molar-refractivity contribution < 1.29 is 49.8 Å². The van der Waals surface area contributed by atoms with E-state index < -0.39 is 70.6 Å². The van der Waals surface area contributed by atoms with Crippen molar-refractivity contribution in [2.75, 3.05) is 0 Å². The summed E-state index contributed by atoms with van der Waals surface area (Å²) in [6, 6.07) is 61.9. The number of rotatable bonds is 13.